The predicted molar refractivity (Wildman–Crippen MR) is 296 cm³/mol. The van der Waals surface area contributed by atoms with E-state index >= 15 is 4.79 Å². The van der Waals surface area contributed by atoms with Crippen LogP contribution in [-0.2, 0) is 61.8 Å². The van der Waals surface area contributed by atoms with E-state index in [-0.39, 0.29) is 22.7 Å². The summed E-state index contributed by atoms with van der Waals surface area (Å²) in [4.78, 5) is 52.9. The molecule has 4 aliphatic heterocycles. The molecule has 0 aromatic heterocycles. The number of aliphatic hydroxyl groups is 14. The fourth-order valence-corrected chi connectivity index (χ4v) is 17.2. The quantitative estimate of drug-likeness (QED) is 0.0487. The Kier molecular flexibility index (Phi) is 20.3. The molecule has 16 N–H and O–H groups in total. The average molecular weight is 1280 g/mol. The third-order valence-electron chi connectivity index (χ3n) is 22.8. The maximum atomic E-state index is 15.7. The largest absolute Gasteiger partial charge is 0.481 e. The van der Waals surface area contributed by atoms with E-state index in [1.54, 1.807) is 6.92 Å². The zero-order chi connectivity index (χ0) is 65.6. The van der Waals surface area contributed by atoms with E-state index in [0.717, 1.165) is 12.5 Å². The summed E-state index contributed by atoms with van der Waals surface area (Å²) < 4.78 is 52.9. The summed E-state index contributed by atoms with van der Waals surface area (Å²) in [5, 5.41) is 174. The number of allylic oxidation sites excluding steroid dienone is 2. The van der Waals surface area contributed by atoms with Gasteiger partial charge >= 0.3 is 23.9 Å². The van der Waals surface area contributed by atoms with Crippen LogP contribution in [0.15, 0.2) is 11.6 Å². The molecule has 30 atom stereocenters. The molecule has 0 aromatic carbocycles. The Hall–Kier alpha value is -3.22. The first-order valence-electron chi connectivity index (χ1n) is 31.0. The molecule has 89 heavy (non-hydrogen) atoms. The first kappa shape index (κ1) is 70.1. The Morgan fingerprint density at radius 1 is 0.584 bits per heavy atom. The van der Waals surface area contributed by atoms with Gasteiger partial charge in [0.25, 0.3) is 0 Å². The predicted octanol–water partition coefficient (Wildman–Crippen LogP) is -2.80. The number of carbonyl (C=O) groups excluding carboxylic acids is 2. The molecule has 29 nitrogen and oxygen atoms in total. The fraction of sp³-hybridized carbons (Fsp3) is 0.900. The standard InChI is InChI=1S/C60H94O29/c1-54(2)14-16-60(17-15-57(5)25(26(60)18-54)8-9-31-56(4)12-11-33(63)59(7,52(77)78)32(56)10-13-58(31,57)6)53(79)89-50-45(76)46(87-48-43(74)40(71)36(67)27(21-61)83-48)39(70)30(85-50)24-82-51-47(88-49-44(75)41(72)37(68)28(22-62)84-49)42(73)38(69)29(86-51)23-81-35(66)20-55(3,80)19-34(64)65/h8,26-33,36-51,61-63,67-76,80H,9-24H2,1-7H3,(H,64,65)(H,77,78)/t26-,27+,28+,29+,30+,31+,32-,33-,36+,37+,38+,39+,40-,41-,42-,43+,44+,45+,46-,47+,48-,49-,50-,51+,55-,56+,57+,58+,59-,60-/m0/s1. The van der Waals surface area contributed by atoms with E-state index in [0.29, 0.717) is 64.2 Å². The van der Waals surface area contributed by atoms with E-state index < -0.39 is 225 Å². The third-order valence-corrected chi connectivity index (χ3v) is 22.8. The Labute approximate surface area is 514 Å². The Balaban J connectivity index is 1.02. The van der Waals surface area contributed by atoms with Crippen molar-refractivity contribution in [1.82, 2.24) is 0 Å². The Bertz CT molecular complexity index is 2580. The monoisotopic (exact) mass is 1280 g/mol. The topological polar surface area (TPSA) is 475 Å². The maximum Gasteiger partial charge on any atom is 0.315 e. The van der Waals surface area contributed by atoms with Crippen molar-refractivity contribution < 1.29 is 144 Å². The van der Waals surface area contributed by atoms with Crippen LogP contribution in [0.1, 0.15) is 126 Å². The molecule has 9 aliphatic rings. The number of aliphatic carboxylic acids is 2. The second kappa shape index (κ2) is 25.8. The maximum absolute atomic E-state index is 15.7. The van der Waals surface area contributed by atoms with Crippen molar-refractivity contribution in [2.24, 2.45) is 50.2 Å². The molecule has 508 valence electrons. The van der Waals surface area contributed by atoms with Crippen molar-refractivity contribution in [3.05, 3.63) is 11.6 Å². The number of carboxylic acid groups (broad SMARTS) is 2. The van der Waals surface area contributed by atoms with Crippen LogP contribution in [0.2, 0.25) is 0 Å². The van der Waals surface area contributed by atoms with Crippen LogP contribution in [0.5, 0.6) is 0 Å². The SMILES string of the molecule is CC1(C)CC[C@]2(C(=O)O[C@@H]3O[C@H](CO[C@@H]4O[C@H](COC(=O)C[C@@](C)(O)CC(=O)O)[C@@H](O)[C@H](O)[C@H]4O[C@@H]4O[C@H](CO)[C@@H](O)[C@H](O)[C@H]4O)[C@@H](O)[C@H](O[C@@H]4O[C@H](CO)[C@@H](O)[C@H](O)[C@H]4O)[C@H]3O)CC[C@]3(C)C(=CC[C@@H]4[C@@]5(C)CC[C@H](O)[C@@](C)(C(=O)O)[C@H]5CC[C@]43C)[C@@H]2C1. The normalized spacial score (nSPS) is 49.5. The summed E-state index contributed by atoms with van der Waals surface area (Å²) in [6, 6.07) is 0. The summed E-state index contributed by atoms with van der Waals surface area (Å²) in [5.41, 5.74) is -5.24. The van der Waals surface area contributed by atoms with Crippen molar-refractivity contribution >= 4 is 23.9 Å². The van der Waals surface area contributed by atoms with Crippen LogP contribution in [0.25, 0.3) is 0 Å². The van der Waals surface area contributed by atoms with E-state index in [2.05, 4.69) is 40.7 Å². The molecule has 5 aliphatic carbocycles. The van der Waals surface area contributed by atoms with Crippen LogP contribution in [-0.4, -0.2) is 267 Å². The van der Waals surface area contributed by atoms with Crippen LogP contribution >= 0.6 is 0 Å². The highest BCUT2D eigenvalue weighted by atomic mass is 16.8. The van der Waals surface area contributed by atoms with Gasteiger partial charge in [-0.25, -0.2) is 0 Å². The number of rotatable bonds is 18. The summed E-state index contributed by atoms with van der Waals surface area (Å²) in [7, 11) is 0. The summed E-state index contributed by atoms with van der Waals surface area (Å²) >= 11 is 0. The van der Waals surface area contributed by atoms with E-state index in [1.807, 2.05) is 0 Å². The molecule has 9 rings (SSSR count). The van der Waals surface area contributed by atoms with Crippen molar-refractivity contribution in [1.29, 1.82) is 0 Å². The van der Waals surface area contributed by atoms with Crippen molar-refractivity contribution in [2.45, 2.75) is 260 Å². The number of aliphatic hydroxyl groups excluding tert-OH is 13. The average Bonchev–Trinajstić information content (AvgIpc) is 0.761. The second-order valence-corrected chi connectivity index (χ2v) is 28.8. The summed E-state index contributed by atoms with van der Waals surface area (Å²) in [5.74, 6) is -5.12. The minimum Gasteiger partial charge on any atom is -0.481 e. The molecule has 0 radical (unpaired) electrons. The van der Waals surface area contributed by atoms with Gasteiger partial charge in [-0.3, -0.25) is 19.2 Å². The van der Waals surface area contributed by atoms with Gasteiger partial charge in [0, 0.05) is 0 Å². The molecule has 4 saturated carbocycles. The molecule has 0 amide bonds. The Morgan fingerprint density at radius 2 is 1.13 bits per heavy atom. The zero-order valence-corrected chi connectivity index (χ0v) is 51.2. The molecule has 0 aromatic rings. The number of esters is 2. The van der Waals surface area contributed by atoms with E-state index in [4.69, 9.17) is 42.6 Å². The van der Waals surface area contributed by atoms with Crippen molar-refractivity contribution in [2.75, 3.05) is 26.4 Å². The van der Waals surface area contributed by atoms with Gasteiger partial charge in [0.15, 0.2) is 18.9 Å². The number of ether oxygens (including phenoxy) is 9. The van der Waals surface area contributed by atoms with Crippen LogP contribution in [0.4, 0.5) is 0 Å². The highest BCUT2D eigenvalue weighted by molar-refractivity contribution is 5.79. The van der Waals surface area contributed by atoms with Crippen LogP contribution in [0.3, 0.4) is 0 Å². The van der Waals surface area contributed by atoms with Crippen LogP contribution in [0, 0.1) is 50.2 Å². The zero-order valence-electron chi connectivity index (χ0n) is 51.2. The van der Waals surface area contributed by atoms with Gasteiger partial charge in [-0.2, -0.15) is 0 Å². The van der Waals surface area contributed by atoms with Crippen molar-refractivity contribution in [3.63, 3.8) is 0 Å². The van der Waals surface area contributed by atoms with Gasteiger partial charge in [-0.15, -0.1) is 0 Å². The molecule has 8 fully saturated rings. The minimum atomic E-state index is -2.17. The third kappa shape index (κ3) is 12.5. The lowest BCUT2D eigenvalue weighted by Crippen LogP contribution is -2.67. The number of fused-ring (bicyclic) bond motifs is 7. The number of carboxylic acids is 2. The lowest BCUT2D eigenvalue weighted by molar-refractivity contribution is -0.377. The lowest BCUT2D eigenvalue weighted by atomic mass is 9.33. The molecule has 4 saturated heterocycles. The summed E-state index contributed by atoms with van der Waals surface area (Å²) in [6.07, 6.45) is -34.7. The van der Waals surface area contributed by atoms with Gasteiger partial charge in [0.05, 0.1) is 55.2 Å². The lowest BCUT2D eigenvalue weighted by Gasteiger charge is -2.71. The van der Waals surface area contributed by atoms with Gasteiger partial charge in [-0.05, 0) is 117 Å². The Morgan fingerprint density at radius 3 is 1.72 bits per heavy atom. The second-order valence-electron chi connectivity index (χ2n) is 28.8. The van der Waals surface area contributed by atoms with Gasteiger partial charge in [0.1, 0.15) is 104 Å². The highest BCUT2D eigenvalue weighted by Gasteiger charge is 2.71. The molecular weight excluding hydrogens is 1180 g/mol. The fourth-order valence-electron chi connectivity index (χ4n) is 17.2. The van der Waals surface area contributed by atoms with E-state index in [9.17, 15) is 96.1 Å². The van der Waals surface area contributed by atoms with Gasteiger partial charge < -0.3 is 124 Å². The summed E-state index contributed by atoms with van der Waals surface area (Å²) in [6.45, 7) is 10.0. The highest BCUT2D eigenvalue weighted by Crippen LogP contribution is 2.76. The van der Waals surface area contributed by atoms with Crippen molar-refractivity contribution in [3.8, 4) is 0 Å². The number of hydrogen-bond donors (Lipinski definition) is 16. The molecule has 4 heterocycles. The van der Waals surface area contributed by atoms with Crippen LogP contribution < -0.4 is 0 Å². The first-order valence-corrected chi connectivity index (χ1v) is 31.0. The minimum absolute atomic E-state index is 0.0209. The molecule has 0 unspecified atom stereocenters. The van der Waals surface area contributed by atoms with Gasteiger partial charge in [0.2, 0.25) is 6.29 Å². The molecular formula is C60H94O29. The number of carbonyl (C=O) groups is 4. The first-order chi connectivity index (χ1) is 41.4. The number of hydrogen-bond acceptors (Lipinski definition) is 27. The smallest absolute Gasteiger partial charge is 0.315 e. The molecule has 0 bridgehead atoms. The van der Waals surface area contributed by atoms with Gasteiger partial charge in [-0.1, -0.05) is 46.3 Å². The molecule has 0 spiro atoms. The van der Waals surface area contributed by atoms with E-state index in [1.165, 1.54) is 0 Å². The molecule has 29 heteroatoms.